The van der Waals surface area contributed by atoms with Crippen molar-refractivity contribution in [1.82, 2.24) is 0 Å². The number of aliphatic carboxylic acids is 2. The molecule has 0 spiro atoms. The van der Waals surface area contributed by atoms with E-state index in [-0.39, 0.29) is 0 Å². The molecule has 0 aliphatic heterocycles. The Kier molecular flexibility index (Phi) is 43.5. The van der Waals surface area contributed by atoms with Gasteiger partial charge in [0.1, 0.15) is 0 Å². The Morgan fingerprint density at radius 2 is 0.526 bits per heavy atom. The number of hydrogen-bond donors (Lipinski definition) is 2. The Balaban J connectivity index is -0.000000605. The molecule has 0 aliphatic carbocycles. The molecule has 4 heteroatoms. The Bertz CT molecular complexity index is 410. The molecular weight excluding hydrogens is 472 g/mol. The van der Waals surface area contributed by atoms with Gasteiger partial charge in [0, 0.05) is 12.8 Å². The second-order valence-corrected chi connectivity index (χ2v) is 10.8. The molecule has 228 valence electrons. The highest BCUT2D eigenvalue weighted by molar-refractivity contribution is 5.66. The molecule has 0 heterocycles. The van der Waals surface area contributed by atoms with Crippen LogP contribution in [-0.2, 0) is 9.59 Å². The van der Waals surface area contributed by atoms with Crippen molar-refractivity contribution >= 4 is 11.9 Å². The van der Waals surface area contributed by atoms with Gasteiger partial charge in [0.25, 0.3) is 0 Å². The summed E-state index contributed by atoms with van der Waals surface area (Å²) in [6, 6.07) is 0. The summed E-state index contributed by atoms with van der Waals surface area (Å²) >= 11 is 0. The van der Waals surface area contributed by atoms with Crippen LogP contribution in [0.1, 0.15) is 194 Å². The van der Waals surface area contributed by atoms with Crippen LogP contribution in [0.5, 0.6) is 0 Å². The van der Waals surface area contributed by atoms with Gasteiger partial charge >= 0.3 is 11.9 Å². The molecule has 0 saturated heterocycles. The molecule has 38 heavy (non-hydrogen) atoms. The Morgan fingerprint density at radius 1 is 0.368 bits per heavy atom. The molecule has 0 aromatic rings. The molecular formula is C34H68O4. The Hall–Kier alpha value is -1.32. The zero-order valence-corrected chi connectivity index (χ0v) is 25.9. The Morgan fingerprint density at radius 3 is 0.684 bits per heavy atom. The molecule has 0 amide bonds. The van der Waals surface area contributed by atoms with Crippen LogP contribution < -0.4 is 0 Å². The first-order valence-electron chi connectivity index (χ1n) is 16.5. The molecule has 0 radical (unpaired) electrons. The lowest BCUT2D eigenvalue weighted by molar-refractivity contribution is -0.138. The standard InChI is InChI=1S/2C16H32O2.C2H4/c2*1-2-3-4-5-6-7-8-9-10-11-12-13-14-15-16(17)18;1-2/h2*2-15H2,1H3,(H,17,18);1-2H2. The van der Waals surface area contributed by atoms with E-state index >= 15 is 0 Å². The molecule has 0 unspecified atom stereocenters. The van der Waals surface area contributed by atoms with E-state index in [1.807, 2.05) is 0 Å². The molecule has 2 N–H and O–H groups in total. The molecule has 0 atom stereocenters. The minimum atomic E-state index is -0.655. The first-order chi connectivity index (χ1) is 18.5. The van der Waals surface area contributed by atoms with Crippen LogP contribution in [0.25, 0.3) is 0 Å². The third-order valence-electron chi connectivity index (χ3n) is 6.99. The summed E-state index contributed by atoms with van der Waals surface area (Å²) in [4.78, 5) is 20.6. The van der Waals surface area contributed by atoms with Gasteiger partial charge in [0.05, 0.1) is 0 Å². The predicted octanol–water partition coefficient (Wildman–Crippen LogP) is 11.9. The topological polar surface area (TPSA) is 74.6 Å². The first kappa shape index (κ1) is 41.2. The van der Waals surface area contributed by atoms with Crippen molar-refractivity contribution in [2.24, 2.45) is 0 Å². The van der Waals surface area contributed by atoms with Crippen LogP contribution in [-0.4, -0.2) is 22.2 Å². The number of rotatable bonds is 28. The quantitative estimate of drug-likeness (QED) is 0.0764. The molecule has 0 rings (SSSR count). The van der Waals surface area contributed by atoms with Crippen LogP contribution in [0, 0.1) is 0 Å². The highest BCUT2D eigenvalue weighted by Gasteiger charge is 1.98. The van der Waals surface area contributed by atoms with Crippen molar-refractivity contribution < 1.29 is 19.8 Å². The van der Waals surface area contributed by atoms with Gasteiger partial charge in [0.15, 0.2) is 0 Å². The Labute approximate surface area is 238 Å². The maximum atomic E-state index is 10.3. The molecule has 0 aromatic heterocycles. The van der Waals surface area contributed by atoms with Crippen LogP contribution in [0.15, 0.2) is 13.2 Å². The van der Waals surface area contributed by atoms with Crippen molar-refractivity contribution in [3.05, 3.63) is 13.2 Å². The lowest BCUT2D eigenvalue weighted by atomic mass is 10.0. The molecule has 4 nitrogen and oxygen atoms in total. The van der Waals surface area contributed by atoms with Crippen molar-refractivity contribution in [3.8, 4) is 0 Å². The fourth-order valence-corrected chi connectivity index (χ4v) is 4.59. The number of carboxylic acid groups (broad SMARTS) is 2. The van der Waals surface area contributed by atoms with E-state index in [0.29, 0.717) is 12.8 Å². The minimum Gasteiger partial charge on any atom is -0.481 e. The minimum absolute atomic E-state index is 0.345. The number of hydrogen-bond acceptors (Lipinski definition) is 2. The monoisotopic (exact) mass is 541 g/mol. The van der Waals surface area contributed by atoms with Crippen molar-refractivity contribution in [2.45, 2.75) is 194 Å². The van der Waals surface area contributed by atoms with E-state index in [1.54, 1.807) is 0 Å². The number of unbranched alkanes of at least 4 members (excludes halogenated alkanes) is 24. The summed E-state index contributed by atoms with van der Waals surface area (Å²) in [6.07, 6.45) is 34.5. The van der Waals surface area contributed by atoms with Gasteiger partial charge < -0.3 is 10.2 Å². The summed E-state index contributed by atoms with van der Waals surface area (Å²) < 4.78 is 0. The summed E-state index contributed by atoms with van der Waals surface area (Å²) in [5, 5.41) is 17.0. The zero-order valence-electron chi connectivity index (χ0n) is 25.9. The van der Waals surface area contributed by atoms with Gasteiger partial charge in [-0.3, -0.25) is 9.59 Å². The molecule has 0 fully saturated rings. The number of carboxylic acids is 2. The highest BCUT2D eigenvalue weighted by atomic mass is 16.4. The molecule has 0 bridgehead atoms. The lowest BCUT2D eigenvalue weighted by Gasteiger charge is -2.02. The van der Waals surface area contributed by atoms with Crippen molar-refractivity contribution in [3.63, 3.8) is 0 Å². The van der Waals surface area contributed by atoms with E-state index in [0.717, 1.165) is 25.7 Å². The third kappa shape index (κ3) is 47.8. The fraction of sp³-hybridized carbons (Fsp3) is 0.882. The smallest absolute Gasteiger partial charge is 0.303 e. The van der Waals surface area contributed by atoms with Gasteiger partial charge in [-0.15, -0.1) is 13.2 Å². The van der Waals surface area contributed by atoms with E-state index in [4.69, 9.17) is 10.2 Å². The van der Waals surface area contributed by atoms with E-state index in [9.17, 15) is 9.59 Å². The van der Waals surface area contributed by atoms with Crippen LogP contribution in [0.4, 0.5) is 0 Å². The average Bonchev–Trinajstić information content (AvgIpc) is 2.90. The second-order valence-electron chi connectivity index (χ2n) is 10.8. The SMILES string of the molecule is C=C.CCCCCCCCCCCCCCCC(=O)O.CCCCCCCCCCCCCCCC(=O)O. The fourth-order valence-electron chi connectivity index (χ4n) is 4.59. The molecule has 0 aromatic carbocycles. The van der Waals surface area contributed by atoms with Crippen molar-refractivity contribution in [2.75, 3.05) is 0 Å². The average molecular weight is 541 g/mol. The normalized spacial score (nSPS) is 10.3. The van der Waals surface area contributed by atoms with Crippen molar-refractivity contribution in [1.29, 1.82) is 0 Å². The zero-order chi connectivity index (χ0) is 29.0. The highest BCUT2D eigenvalue weighted by Crippen LogP contribution is 2.14. The lowest BCUT2D eigenvalue weighted by Crippen LogP contribution is -1.93. The number of carbonyl (C=O) groups is 2. The summed E-state index contributed by atoms with van der Waals surface area (Å²) in [7, 11) is 0. The second kappa shape index (κ2) is 40.2. The van der Waals surface area contributed by atoms with Gasteiger partial charge in [-0.05, 0) is 12.8 Å². The largest absolute Gasteiger partial charge is 0.481 e. The van der Waals surface area contributed by atoms with Crippen LogP contribution >= 0.6 is 0 Å². The van der Waals surface area contributed by atoms with Crippen LogP contribution in [0.2, 0.25) is 0 Å². The predicted molar refractivity (Wildman–Crippen MR) is 167 cm³/mol. The maximum absolute atomic E-state index is 10.3. The molecule has 0 saturated carbocycles. The van der Waals surface area contributed by atoms with Gasteiger partial charge in [-0.1, -0.05) is 168 Å². The molecule has 0 aliphatic rings. The van der Waals surface area contributed by atoms with Gasteiger partial charge in [0.2, 0.25) is 0 Å². The van der Waals surface area contributed by atoms with E-state index in [2.05, 4.69) is 27.0 Å². The maximum Gasteiger partial charge on any atom is 0.303 e. The van der Waals surface area contributed by atoms with E-state index in [1.165, 1.54) is 141 Å². The summed E-state index contributed by atoms with van der Waals surface area (Å²) in [5.41, 5.74) is 0. The van der Waals surface area contributed by atoms with Gasteiger partial charge in [-0.2, -0.15) is 0 Å². The van der Waals surface area contributed by atoms with Gasteiger partial charge in [-0.25, -0.2) is 0 Å². The summed E-state index contributed by atoms with van der Waals surface area (Å²) in [6.45, 7) is 10.5. The van der Waals surface area contributed by atoms with E-state index < -0.39 is 11.9 Å². The van der Waals surface area contributed by atoms with Crippen LogP contribution in [0.3, 0.4) is 0 Å². The summed E-state index contributed by atoms with van der Waals surface area (Å²) in [5.74, 6) is -1.31. The third-order valence-corrected chi connectivity index (χ3v) is 6.99. The first-order valence-corrected chi connectivity index (χ1v) is 16.5.